The number of carbonyl (C=O) groups excluding carboxylic acids is 2. The van der Waals surface area contributed by atoms with Crippen molar-refractivity contribution in [1.82, 2.24) is 9.97 Å². The molecule has 1 heterocycles. The van der Waals surface area contributed by atoms with Crippen molar-refractivity contribution >= 4 is 22.8 Å². The van der Waals surface area contributed by atoms with E-state index in [1.54, 1.807) is 12.2 Å². The molecule has 1 aromatic heterocycles. The van der Waals surface area contributed by atoms with Crippen molar-refractivity contribution < 1.29 is 11.0 Å². The quantitative estimate of drug-likeness (QED) is 0.545. The maximum absolute atomic E-state index is 12.6. The number of carbonyl (C=O) groups is 2. The van der Waals surface area contributed by atoms with Gasteiger partial charge in [0.1, 0.15) is 12.0 Å². The van der Waals surface area contributed by atoms with E-state index >= 15 is 0 Å². The summed E-state index contributed by atoms with van der Waals surface area (Å²) in [6.07, 6.45) is 9.36. The molecular formula is C26H21N3O2. The first kappa shape index (κ1) is 19.9. The lowest BCUT2D eigenvalue weighted by atomic mass is 9.98. The van der Waals surface area contributed by atoms with E-state index in [1.807, 2.05) is 54.6 Å². The van der Waals surface area contributed by atoms with Gasteiger partial charge in [0.05, 0.1) is 11.3 Å². The number of nitrogens with one attached hydrogen (secondary N) is 1. The molecule has 152 valence electrons. The number of hydrogen-bond donors (Lipinski definition) is 1. The average molecular weight is 407 g/mol. The van der Waals surface area contributed by atoms with E-state index in [4.69, 9.17) is 0 Å². The van der Waals surface area contributed by atoms with Crippen LogP contribution >= 0.6 is 0 Å². The smallest absolute Gasteiger partial charge is 0.213 e. The van der Waals surface area contributed by atoms with Gasteiger partial charge in [-0.15, -0.1) is 0 Å². The highest BCUT2D eigenvalue weighted by Gasteiger charge is 2.27. The Morgan fingerprint density at radius 2 is 1.65 bits per heavy atom. The molecule has 1 aliphatic rings. The molecule has 2 aromatic carbocycles. The highest BCUT2D eigenvalue weighted by molar-refractivity contribution is 6.24. The Morgan fingerprint density at radius 3 is 2.29 bits per heavy atom. The zero-order valence-corrected chi connectivity index (χ0v) is 16.7. The first-order valence-corrected chi connectivity index (χ1v) is 9.64. The summed E-state index contributed by atoms with van der Waals surface area (Å²) in [5.74, 6) is -0.624. The second-order valence-corrected chi connectivity index (χ2v) is 6.88. The Morgan fingerprint density at radius 1 is 0.968 bits per heavy atom. The number of benzene rings is 2. The van der Waals surface area contributed by atoms with Gasteiger partial charge in [-0.05, 0) is 34.4 Å². The fourth-order valence-electron chi connectivity index (χ4n) is 3.36. The van der Waals surface area contributed by atoms with Gasteiger partial charge in [0, 0.05) is 19.4 Å². The normalized spacial score (nSPS) is 13.3. The van der Waals surface area contributed by atoms with E-state index in [-0.39, 0.29) is 29.9 Å². The van der Waals surface area contributed by atoms with Crippen molar-refractivity contribution in [1.29, 1.82) is 0 Å². The van der Waals surface area contributed by atoms with Gasteiger partial charge >= 0.3 is 0 Å². The predicted octanol–water partition coefficient (Wildman–Crippen LogP) is 5.52. The summed E-state index contributed by atoms with van der Waals surface area (Å²) in [5.41, 5.74) is 5.41. The predicted molar refractivity (Wildman–Crippen MR) is 125 cm³/mol. The summed E-state index contributed by atoms with van der Waals surface area (Å²) in [4.78, 5) is 32.6. The first-order chi connectivity index (χ1) is 15.1. The Labute approximate surface area is 181 Å². The largest absolute Gasteiger partial charge is 0.352 e. The van der Waals surface area contributed by atoms with Crippen LogP contribution in [0.15, 0.2) is 104 Å². The average Bonchev–Trinajstić information content (AvgIpc) is 2.81. The van der Waals surface area contributed by atoms with Gasteiger partial charge in [-0.2, -0.15) is 0 Å². The van der Waals surface area contributed by atoms with Crippen molar-refractivity contribution in [2.24, 2.45) is 0 Å². The second kappa shape index (κ2) is 8.55. The maximum atomic E-state index is 12.6. The molecule has 5 nitrogen and oxygen atoms in total. The molecule has 1 N–H and O–H groups in total. The molecule has 0 fully saturated rings. The van der Waals surface area contributed by atoms with Crippen LogP contribution in [0.25, 0.3) is 16.7 Å². The molecule has 0 unspecified atom stereocenters. The number of Topliss-reactive ketones (excluding diaryl/α,β-unsaturated/α-hetero) is 1. The topological polar surface area (TPSA) is 72.0 Å². The molecule has 0 aliphatic heterocycles. The Bertz CT molecular complexity index is 1260. The number of nitrogens with zero attached hydrogens (tertiary/aromatic N) is 2. The van der Waals surface area contributed by atoms with Crippen LogP contribution in [-0.2, 0) is 0 Å². The second-order valence-electron chi connectivity index (χ2n) is 6.88. The molecule has 0 amide bonds. The van der Waals surface area contributed by atoms with Gasteiger partial charge in [-0.1, -0.05) is 67.8 Å². The van der Waals surface area contributed by atoms with E-state index in [9.17, 15) is 9.59 Å². The number of anilines is 1. The van der Waals surface area contributed by atoms with Crippen LogP contribution in [0.1, 0.15) is 27.8 Å². The zero-order chi connectivity index (χ0) is 21.8. The molecule has 0 atom stereocenters. The van der Waals surface area contributed by atoms with Crippen LogP contribution in [0.4, 0.5) is 5.69 Å². The number of fused-ring (bicyclic) bond motifs is 1. The van der Waals surface area contributed by atoms with Crippen LogP contribution in [0.2, 0.25) is 0 Å². The molecule has 3 aromatic rings. The summed E-state index contributed by atoms with van der Waals surface area (Å²) in [7, 11) is 0. The monoisotopic (exact) mass is 407 g/mol. The molecule has 0 radical (unpaired) electrons. The van der Waals surface area contributed by atoms with E-state index in [0.29, 0.717) is 5.69 Å². The highest BCUT2D eigenvalue weighted by Crippen LogP contribution is 2.26. The standard InChI is InChI=1S/C26H19N3O2.H2/c1-3-5-17(4-2)18-6-8-19(9-7-18)20-10-12-21(13-11-20)29-23-14-24(30)25-22(26(23)31)15-27-16-28-25;/h3-16,29H,1-2H2;1H/b17-5+;. The van der Waals surface area contributed by atoms with E-state index < -0.39 is 0 Å². The van der Waals surface area contributed by atoms with Gasteiger partial charge in [-0.25, -0.2) is 9.97 Å². The Hall–Kier alpha value is -4.38. The number of allylic oxidation sites excluding steroid dienone is 6. The fraction of sp³-hybridized carbons (Fsp3) is 0. The molecule has 0 bridgehead atoms. The van der Waals surface area contributed by atoms with Crippen molar-refractivity contribution in [2.45, 2.75) is 0 Å². The van der Waals surface area contributed by atoms with E-state index in [1.165, 1.54) is 18.6 Å². The highest BCUT2D eigenvalue weighted by atomic mass is 16.1. The molecular weight excluding hydrogens is 386 g/mol. The van der Waals surface area contributed by atoms with E-state index in [0.717, 1.165) is 22.3 Å². The third-order valence-corrected chi connectivity index (χ3v) is 4.94. The van der Waals surface area contributed by atoms with Crippen LogP contribution in [0.3, 0.4) is 0 Å². The van der Waals surface area contributed by atoms with Gasteiger partial charge < -0.3 is 5.32 Å². The molecule has 4 rings (SSSR count). The lowest BCUT2D eigenvalue weighted by molar-refractivity contribution is 0.0981. The lowest BCUT2D eigenvalue weighted by Crippen LogP contribution is -2.22. The Kier molecular flexibility index (Phi) is 5.49. The van der Waals surface area contributed by atoms with Crippen molar-refractivity contribution in [2.75, 3.05) is 5.32 Å². The molecule has 31 heavy (non-hydrogen) atoms. The summed E-state index contributed by atoms with van der Waals surface area (Å²) in [6, 6.07) is 15.8. The van der Waals surface area contributed by atoms with E-state index in [2.05, 4.69) is 28.4 Å². The fourth-order valence-corrected chi connectivity index (χ4v) is 3.36. The number of hydrogen-bond acceptors (Lipinski definition) is 5. The van der Waals surface area contributed by atoms with Gasteiger partial charge in [0.2, 0.25) is 11.6 Å². The summed E-state index contributed by atoms with van der Waals surface area (Å²) in [5, 5.41) is 3.03. The molecule has 0 spiro atoms. The maximum Gasteiger partial charge on any atom is 0.213 e. The van der Waals surface area contributed by atoms with Crippen LogP contribution in [0, 0.1) is 0 Å². The summed E-state index contributed by atoms with van der Waals surface area (Å²) < 4.78 is 0. The molecule has 1 aliphatic carbocycles. The SMILES string of the molecule is C=C/C=C(\C=C)c1ccc(-c2ccc(NC3=CC(=O)c4ncncc4C3=O)cc2)cc1.[HH]. The summed E-state index contributed by atoms with van der Waals surface area (Å²) in [6.45, 7) is 7.57. The zero-order valence-electron chi connectivity index (χ0n) is 16.7. The first-order valence-electron chi connectivity index (χ1n) is 9.64. The summed E-state index contributed by atoms with van der Waals surface area (Å²) >= 11 is 0. The lowest BCUT2D eigenvalue weighted by Gasteiger charge is -2.15. The van der Waals surface area contributed by atoms with Crippen molar-refractivity contribution in [3.05, 3.63) is 121 Å². The third-order valence-electron chi connectivity index (χ3n) is 4.94. The third kappa shape index (κ3) is 4.02. The molecule has 0 saturated carbocycles. The molecule has 5 heteroatoms. The van der Waals surface area contributed by atoms with Crippen LogP contribution < -0.4 is 5.32 Å². The van der Waals surface area contributed by atoms with Gasteiger partial charge in [0.25, 0.3) is 0 Å². The van der Waals surface area contributed by atoms with Crippen LogP contribution in [0.5, 0.6) is 0 Å². The van der Waals surface area contributed by atoms with Gasteiger partial charge in [-0.3, -0.25) is 9.59 Å². The minimum atomic E-state index is -0.319. The number of rotatable bonds is 6. The van der Waals surface area contributed by atoms with Crippen molar-refractivity contribution in [3.8, 4) is 11.1 Å². The Balaban J connectivity index is 0.00000289. The minimum Gasteiger partial charge on any atom is -0.352 e. The molecule has 0 saturated heterocycles. The number of aromatic nitrogens is 2. The van der Waals surface area contributed by atoms with Gasteiger partial charge in [0.15, 0.2) is 0 Å². The van der Waals surface area contributed by atoms with Crippen molar-refractivity contribution in [3.63, 3.8) is 0 Å². The number of ketones is 2. The minimum absolute atomic E-state index is 0. The van der Waals surface area contributed by atoms with Crippen LogP contribution in [-0.4, -0.2) is 21.5 Å².